The summed E-state index contributed by atoms with van der Waals surface area (Å²) < 4.78 is 10.2. The molecule has 32 heavy (non-hydrogen) atoms. The topological polar surface area (TPSA) is 119 Å². The third kappa shape index (κ3) is 8.35. The van der Waals surface area contributed by atoms with Gasteiger partial charge in [0.25, 0.3) is 0 Å². The lowest BCUT2D eigenvalue weighted by atomic mass is 10.1. The van der Waals surface area contributed by atoms with Crippen LogP contribution in [-0.2, 0) is 19.1 Å². The van der Waals surface area contributed by atoms with Crippen molar-refractivity contribution in [1.82, 2.24) is 0 Å². The number of ether oxygens (including phenoxy) is 2. The number of carboxylic acids is 1. The summed E-state index contributed by atoms with van der Waals surface area (Å²) in [5.74, 6) is -2.71. The van der Waals surface area contributed by atoms with Crippen LogP contribution < -0.4 is 5.32 Å². The molecule has 172 valence electrons. The van der Waals surface area contributed by atoms with E-state index in [1.807, 2.05) is 0 Å². The Hall–Kier alpha value is -3.46. The van der Waals surface area contributed by atoms with Gasteiger partial charge in [-0.2, -0.15) is 0 Å². The van der Waals surface area contributed by atoms with Gasteiger partial charge in [-0.25, -0.2) is 14.4 Å². The summed E-state index contributed by atoms with van der Waals surface area (Å²) >= 11 is 0.941. The molecule has 1 aromatic heterocycles. The molecule has 0 radical (unpaired) electrons. The van der Waals surface area contributed by atoms with E-state index in [4.69, 9.17) is 14.6 Å². The van der Waals surface area contributed by atoms with Crippen molar-refractivity contribution >= 4 is 46.2 Å². The Balaban J connectivity index is 3.44. The van der Waals surface area contributed by atoms with Gasteiger partial charge in [-0.05, 0) is 33.3 Å². The van der Waals surface area contributed by atoms with Crippen molar-refractivity contribution in [3.63, 3.8) is 0 Å². The number of esters is 2. The number of carbonyl (C=O) groups excluding carboxylic acids is 3. The molecule has 0 saturated carbocycles. The van der Waals surface area contributed by atoms with Crippen molar-refractivity contribution in [2.45, 2.75) is 34.6 Å². The number of hydrogen-bond acceptors (Lipinski definition) is 7. The van der Waals surface area contributed by atoms with E-state index in [1.165, 1.54) is 6.92 Å². The van der Waals surface area contributed by atoms with Gasteiger partial charge in [0, 0.05) is 18.6 Å². The zero-order valence-electron chi connectivity index (χ0n) is 18.7. The number of nitrogens with one attached hydrogen (secondary N) is 1. The van der Waals surface area contributed by atoms with Gasteiger partial charge in [0.2, 0.25) is 5.91 Å². The quantitative estimate of drug-likeness (QED) is 0.297. The number of amides is 1. The monoisotopic (exact) mass is 461 g/mol. The zero-order chi connectivity index (χ0) is 24.3. The molecule has 0 spiro atoms. The minimum Gasteiger partial charge on any atom is -0.478 e. The van der Waals surface area contributed by atoms with E-state index in [0.29, 0.717) is 5.57 Å². The minimum atomic E-state index is -1.03. The predicted octanol–water partition coefficient (Wildman–Crippen LogP) is 4.61. The molecule has 0 aliphatic carbocycles. The van der Waals surface area contributed by atoms with Crippen molar-refractivity contribution in [3.8, 4) is 0 Å². The van der Waals surface area contributed by atoms with Crippen LogP contribution in [0.5, 0.6) is 0 Å². The molecule has 0 aromatic carbocycles. The number of hydrogen-bond donors (Lipinski definition) is 2. The molecule has 1 amide bonds. The first-order valence-electron chi connectivity index (χ1n) is 9.83. The molecule has 2 N–H and O–H groups in total. The molecule has 0 aliphatic rings. The highest BCUT2D eigenvalue weighted by atomic mass is 32.1. The molecule has 9 heteroatoms. The van der Waals surface area contributed by atoms with Crippen LogP contribution in [0.4, 0.5) is 5.00 Å². The van der Waals surface area contributed by atoms with Crippen LogP contribution in [0, 0.1) is 0 Å². The molecule has 0 fully saturated rings. The van der Waals surface area contributed by atoms with Gasteiger partial charge in [0.05, 0.1) is 13.2 Å². The van der Waals surface area contributed by atoms with Crippen LogP contribution in [-0.4, -0.2) is 42.1 Å². The zero-order valence-corrected chi connectivity index (χ0v) is 19.5. The SMILES string of the molecule is CCOC(=O)c1sc(NC(C)=O)c(C(=O)OCC)c1/C=C/C(C)=C/C=C/C(C)=C/C(=O)O. The Kier molecular flexibility index (Phi) is 10.8. The van der Waals surface area contributed by atoms with Gasteiger partial charge < -0.3 is 19.9 Å². The number of thiophene rings is 1. The van der Waals surface area contributed by atoms with Crippen LogP contribution in [0.2, 0.25) is 0 Å². The first-order chi connectivity index (χ1) is 15.1. The van der Waals surface area contributed by atoms with Crippen molar-refractivity contribution in [2.24, 2.45) is 0 Å². The van der Waals surface area contributed by atoms with Crippen molar-refractivity contribution in [2.75, 3.05) is 18.5 Å². The van der Waals surface area contributed by atoms with E-state index in [9.17, 15) is 19.2 Å². The highest BCUT2D eigenvalue weighted by molar-refractivity contribution is 7.18. The Morgan fingerprint density at radius 3 is 2.16 bits per heavy atom. The van der Waals surface area contributed by atoms with E-state index >= 15 is 0 Å². The molecule has 0 atom stereocenters. The summed E-state index contributed by atoms with van der Waals surface area (Å²) in [6.45, 7) is 8.36. The van der Waals surface area contributed by atoms with Crippen LogP contribution >= 0.6 is 11.3 Å². The first-order valence-corrected chi connectivity index (χ1v) is 10.6. The molecule has 0 unspecified atom stereocenters. The summed E-state index contributed by atoms with van der Waals surface area (Å²) in [7, 11) is 0. The maximum atomic E-state index is 12.6. The smallest absolute Gasteiger partial charge is 0.349 e. The van der Waals surface area contributed by atoms with Gasteiger partial charge in [-0.3, -0.25) is 4.79 Å². The summed E-state index contributed by atoms with van der Waals surface area (Å²) in [5.41, 5.74) is 1.70. The average Bonchev–Trinajstić information content (AvgIpc) is 3.03. The highest BCUT2D eigenvalue weighted by Crippen LogP contribution is 2.36. The standard InChI is InChI=1S/C23H27NO7S/c1-6-30-22(28)19-17(12-11-14(3)9-8-10-15(4)13-18(26)27)20(23(29)31-7-2)32-21(19)24-16(5)25/h8-13H,6-7H2,1-5H3,(H,24,25)(H,26,27)/b10-8+,12-11+,14-9+,15-13+. The normalized spacial score (nSPS) is 12.3. The Bertz CT molecular complexity index is 996. The van der Waals surface area contributed by atoms with Crippen molar-refractivity contribution in [3.05, 3.63) is 57.5 Å². The Morgan fingerprint density at radius 1 is 0.969 bits per heavy atom. The Morgan fingerprint density at radius 2 is 1.59 bits per heavy atom. The lowest BCUT2D eigenvalue weighted by molar-refractivity contribution is -0.131. The summed E-state index contributed by atoms with van der Waals surface area (Å²) in [6.07, 6.45) is 9.42. The van der Waals surface area contributed by atoms with E-state index < -0.39 is 23.8 Å². The number of carbonyl (C=O) groups is 4. The number of allylic oxidation sites excluding steroid dienone is 6. The molecule has 1 heterocycles. The molecular formula is C23H27NO7S. The molecule has 0 saturated heterocycles. The maximum Gasteiger partial charge on any atom is 0.349 e. The maximum absolute atomic E-state index is 12.6. The number of rotatable bonds is 10. The molecule has 1 rings (SSSR count). The van der Waals surface area contributed by atoms with Gasteiger partial charge in [-0.15, -0.1) is 11.3 Å². The van der Waals surface area contributed by atoms with Crippen LogP contribution in [0.1, 0.15) is 60.2 Å². The van der Waals surface area contributed by atoms with Gasteiger partial charge in [0.1, 0.15) is 15.4 Å². The van der Waals surface area contributed by atoms with Crippen molar-refractivity contribution < 1.29 is 33.8 Å². The lowest BCUT2D eigenvalue weighted by Gasteiger charge is -2.06. The fourth-order valence-corrected chi connectivity index (χ4v) is 3.59. The van der Waals surface area contributed by atoms with Crippen molar-refractivity contribution in [1.29, 1.82) is 0 Å². The van der Waals surface area contributed by atoms with Crippen LogP contribution in [0.3, 0.4) is 0 Å². The first kappa shape index (κ1) is 26.6. The minimum absolute atomic E-state index is 0.0786. The average molecular weight is 462 g/mol. The highest BCUT2D eigenvalue weighted by Gasteiger charge is 2.28. The Labute approximate surface area is 190 Å². The number of anilines is 1. The third-order valence-electron chi connectivity index (χ3n) is 3.76. The lowest BCUT2D eigenvalue weighted by Crippen LogP contribution is -2.12. The van der Waals surface area contributed by atoms with E-state index in [1.54, 1.807) is 58.1 Å². The molecule has 8 nitrogen and oxygen atoms in total. The second kappa shape index (κ2) is 13.1. The van der Waals surface area contributed by atoms with Crippen LogP contribution in [0.15, 0.2) is 41.5 Å². The molecule has 1 aromatic rings. The second-order valence-electron chi connectivity index (χ2n) is 6.50. The summed E-state index contributed by atoms with van der Waals surface area (Å²) in [6, 6.07) is 0. The number of aliphatic carboxylic acids is 1. The number of carboxylic acid groups (broad SMARTS) is 1. The van der Waals surface area contributed by atoms with Gasteiger partial charge in [-0.1, -0.05) is 36.0 Å². The fraction of sp³-hybridized carbons (Fsp3) is 0.304. The molecule has 0 bridgehead atoms. The predicted molar refractivity (Wildman–Crippen MR) is 124 cm³/mol. The molecular weight excluding hydrogens is 434 g/mol. The van der Waals surface area contributed by atoms with Gasteiger partial charge >= 0.3 is 17.9 Å². The van der Waals surface area contributed by atoms with E-state index in [0.717, 1.165) is 23.0 Å². The largest absolute Gasteiger partial charge is 0.478 e. The molecule has 0 aliphatic heterocycles. The third-order valence-corrected chi connectivity index (χ3v) is 4.86. The van der Waals surface area contributed by atoms with Gasteiger partial charge in [0.15, 0.2) is 0 Å². The second-order valence-corrected chi connectivity index (χ2v) is 7.52. The fourth-order valence-electron chi connectivity index (χ4n) is 2.47. The van der Waals surface area contributed by atoms with E-state index in [-0.39, 0.29) is 34.2 Å². The summed E-state index contributed by atoms with van der Waals surface area (Å²) in [5, 5.41) is 11.5. The van der Waals surface area contributed by atoms with E-state index in [2.05, 4.69) is 5.32 Å². The van der Waals surface area contributed by atoms with Crippen LogP contribution in [0.25, 0.3) is 6.08 Å². The summed E-state index contributed by atoms with van der Waals surface area (Å²) in [4.78, 5) is 47.5.